The highest BCUT2D eigenvalue weighted by Crippen LogP contribution is 2.42. The Morgan fingerprint density at radius 3 is 2.40 bits per heavy atom. The Morgan fingerprint density at radius 2 is 1.67 bits per heavy atom. The molecule has 0 aliphatic heterocycles. The molecule has 0 atom stereocenters. The molecule has 2 nitrogen and oxygen atoms in total. The van der Waals surface area contributed by atoms with Gasteiger partial charge in [0.25, 0.3) is 0 Å². The Kier molecular flexibility index (Phi) is 1.98. The molecule has 1 aliphatic rings. The van der Waals surface area contributed by atoms with Crippen molar-refractivity contribution in [2.24, 2.45) is 0 Å². The van der Waals surface area contributed by atoms with Crippen molar-refractivity contribution in [3.63, 3.8) is 0 Å². The van der Waals surface area contributed by atoms with Gasteiger partial charge in [0.1, 0.15) is 0 Å². The van der Waals surface area contributed by atoms with Gasteiger partial charge >= 0.3 is 0 Å². The van der Waals surface area contributed by atoms with Crippen LogP contribution in [0.25, 0.3) is 11.3 Å². The zero-order chi connectivity index (χ0) is 10.1. The lowest BCUT2D eigenvalue weighted by Gasteiger charge is -2.05. The summed E-state index contributed by atoms with van der Waals surface area (Å²) in [7, 11) is 0. The average molecular weight is 196 g/mol. The second-order valence-electron chi connectivity index (χ2n) is 3.93. The van der Waals surface area contributed by atoms with Gasteiger partial charge in [0, 0.05) is 23.9 Å². The van der Waals surface area contributed by atoms with Crippen LogP contribution in [0.4, 0.5) is 0 Å². The lowest BCUT2D eigenvalue weighted by molar-refractivity contribution is 0.994. The van der Waals surface area contributed by atoms with Gasteiger partial charge in [-0.25, -0.2) is 0 Å². The van der Waals surface area contributed by atoms with Crippen LogP contribution in [0.3, 0.4) is 0 Å². The minimum Gasteiger partial charge on any atom is -0.257 e. The van der Waals surface area contributed by atoms with Gasteiger partial charge in [0.15, 0.2) is 0 Å². The van der Waals surface area contributed by atoms with Crippen LogP contribution in [0, 0.1) is 0 Å². The SMILES string of the molecule is c1ccc(-c2nccnc2C2CC2)cc1. The van der Waals surface area contributed by atoms with Gasteiger partial charge in [-0.2, -0.15) is 0 Å². The highest BCUT2D eigenvalue weighted by atomic mass is 14.8. The highest BCUT2D eigenvalue weighted by Gasteiger charge is 2.28. The van der Waals surface area contributed by atoms with E-state index in [1.807, 2.05) is 18.2 Å². The number of hydrogen-bond acceptors (Lipinski definition) is 2. The van der Waals surface area contributed by atoms with Crippen molar-refractivity contribution in [2.75, 3.05) is 0 Å². The molecule has 0 saturated heterocycles. The topological polar surface area (TPSA) is 25.8 Å². The summed E-state index contributed by atoms with van der Waals surface area (Å²) in [6, 6.07) is 10.3. The number of nitrogens with zero attached hydrogens (tertiary/aromatic N) is 2. The molecule has 1 heterocycles. The van der Waals surface area contributed by atoms with Gasteiger partial charge in [0.2, 0.25) is 0 Å². The third-order valence-electron chi connectivity index (χ3n) is 2.74. The maximum atomic E-state index is 4.45. The van der Waals surface area contributed by atoms with Crippen LogP contribution in [-0.4, -0.2) is 9.97 Å². The third kappa shape index (κ3) is 1.63. The van der Waals surface area contributed by atoms with E-state index in [9.17, 15) is 0 Å². The second-order valence-corrected chi connectivity index (χ2v) is 3.93. The summed E-state index contributed by atoms with van der Waals surface area (Å²) in [5.41, 5.74) is 3.40. The van der Waals surface area contributed by atoms with Gasteiger partial charge in [-0.05, 0) is 12.8 Å². The summed E-state index contributed by atoms with van der Waals surface area (Å²) in [5.74, 6) is 0.647. The summed E-state index contributed by atoms with van der Waals surface area (Å²) < 4.78 is 0. The lowest BCUT2D eigenvalue weighted by Crippen LogP contribution is -1.94. The zero-order valence-electron chi connectivity index (χ0n) is 8.43. The Morgan fingerprint density at radius 1 is 0.933 bits per heavy atom. The van der Waals surface area contributed by atoms with E-state index in [0.29, 0.717) is 5.92 Å². The van der Waals surface area contributed by atoms with Gasteiger partial charge in [-0.1, -0.05) is 30.3 Å². The van der Waals surface area contributed by atoms with Crippen LogP contribution in [-0.2, 0) is 0 Å². The van der Waals surface area contributed by atoms with Crippen molar-refractivity contribution >= 4 is 0 Å². The first kappa shape index (κ1) is 8.60. The lowest BCUT2D eigenvalue weighted by atomic mass is 10.1. The minimum atomic E-state index is 0.647. The molecule has 0 N–H and O–H groups in total. The van der Waals surface area contributed by atoms with E-state index in [0.717, 1.165) is 5.69 Å². The Hall–Kier alpha value is -1.70. The van der Waals surface area contributed by atoms with Crippen molar-refractivity contribution in [3.05, 3.63) is 48.4 Å². The maximum Gasteiger partial charge on any atom is 0.0920 e. The first-order chi connectivity index (χ1) is 7.45. The van der Waals surface area contributed by atoms with Crippen molar-refractivity contribution in [2.45, 2.75) is 18.8 Å². The van der Waals surface area contributed by atoms with Crippen LogP contribution in [0.2, 0.25) is 0 Å². The third-order valence-corrected chi connectivity index (χ3v) is 2.74. The molecule has 1 saturated carbocycles. The van der Waals surface area contributed by atoms with Crippen LogP contribution >= 0.6 is 0 Å². The molecule has 1 aromatic carbocycles. The Labute approximate surface area is 89.0 Å². The number of rotatable bonds is 2. The summed E-state index contributed by atoms with van der Waals surface area (Å²) in [5, 5.41) is 0. The summed E-state index contributed by atoms with van der Waals surface area (Å²) >= 11 is 0. The molecule has 0 radical (unpaired) electrons. The molecular weight excluding hydrogens is 184 g/mol. The molecule has 2 heteroatoms. The molecule has 1 aromatic heterocycles. The Bertz CT molecular complexity index is 461. The van der Waals surface area contributed by atoms with E-state index in [1.54, 1.807) is 12.4 Å². The van der Waals surface area contributed by atoms with Crippen molar-refractivity contribution < 1.29 is 0 Å². The summed E-state index contributed by atoms with van der Waals surface area (Å²) in [6.07, 6.45) is 6.09. The van der Waals surface area contributed by atoms with Gasteiger partial charge in [0.05, 0.1) is 11.4 Å². The monoisotopic (exact) mass is 196 g/mol. The predicted molar refractivity (Wildman–Crippen MR) is 59.4 cm³/mol. The average Bonchev–Trinajstić information content (AvgIpc) is 3.14. The fraction of sp³-hybridized carbons (Fsp3) is 0.231. The molecule has 1 aliphatic carbocycles. The normalized spacial score (nSPS) is 15.2. The van der Waals surface area contributed by atoms with E-state index < -0.39 is 0 Å². The van der Waals surface area contributed by atoms with E-state index in [1.165, 1.54) is 24.1 Å². The number of benzene rings is 1. The largest absolute Gasteiger partial charge is 0.257 e. The van der Waals surface area contributed by atoms with Crippen molar-refractivity contribution in [1.29, 1.82) is 0 Å². The van der Waals surface area contributed by atoms with Gasteiger partial charge < -0.3 is 0 Å². The van der Waals surface area contributed by atoms with E-state index >= 15 is 0 Å². The predicted octanol–water partition coefficient (Wildman–Crippen LogP) is 3.02. The smallest absolute Gasteiger partial charge is 0.0920 e. The standard InChI is InChI=1S/C13H12N2/c1-2-4-10(5-3-1)12-13(11-6-7-11)15-9-8-14-12/h1-5,8-9,11H,6-7H2. The first-order valence-corrected chi connectivity index (χ1v) is 5.31. The van der Waals surface area contributed by atoms with Gasteiger partial charge in [-0.15, -0.1) is 0 Å². The van der Waals surface area contributed by atoms with Crippen LogP contribution in [0.1, 0.15) is 24.5 Å². The zero-order valence-corrected chi connectivity index (χ0v) is 8.43. The number of aromatic nitrogens is 2. The molecule has 3 rings (SSSR count). The Balaban J connectivity index is 2.11. The fourth-order valence-electron chi connectivity index (χ4n) is 1.82. The van der Waals surface area contributed by atoms with Crippen LogP contribution < -0.4 is 0 Å². The molecular formula is C13H12N2. The van der Waals surface area contributed by atoms with Crippen molar-refractivity contribution in [1.82, 2.24) is 9.97 Å². The molecule has 0 amide bonds. The highest BCUT2D eigenvalue weighted by molar-refractivity contribution is 5.62. The fourth-order valence-corrected chi connectivity index (χ4v) is 1.82. The molecule has 74 valence electrons. The molecule has 0 spiro atoms. The molecule has 1 fully saturated rings. The van der Waals surface area contributed by atoms with E-state index in [2.05, 4.69) is 22.1 Å². The second kappa shape index (κ2) is 3.46. The van der Waals surface area contributed by atoms with E-state index in [-0.39, 0.29) is 0 Å². The molecule has 0 bridgehead atoms. The first-order valence-electron chi connectivity index (χ1n) is 5.31. The summed E-state index contributed by atoms with van der Waals surface area (Å²) in [6.45, 7) is 0. The molecule has 15 heavy (non-hydrogen) atoms. The number of hydrogen-bond donors (Lipinski definition) is 0. The molecule has 0 unspecified atom stereocenters. The quantitative estimate of drug-likeness (QED) is 0.737. The van der Waals surface area contributed by atoms with Crippen molar-refractivity contribution in [3.8, 4) is 11.3 Å². The van der Waals surface area contributed by atoms with Crippen LogP contribution in [0.5, 0.6) is 0 Å². The van der Waals surface area contributed by atoms with E-state index in [4.69, 9.17) is 0 Å². The minimum absolute atomic E-state index is 0.647. The summed E-state index contributed by atoms with van der Waals surface area (Å²) in [4.78, 5) is 8.90. The van der Waals surface area contributed by atoms with Crippen LogP contribution in [0.15, 0.2) is 42.7 Å². The maximum absolute atomic E-state index is 4.45. The van der Waals surface area contributed by atoms with Gasteiger partial charge in [-0.3, -0.25) is 9.97 Å². The molecule has 2 aromatic rings.